The lowest BCUT2D eigenvalue weighted by molar-refractivity contribution is -0.121. The largest absolute Gasteiger partial charge is 0.497 e. The van der Waals surface area contributed by atoms with Crippen molar-refractivity contribution >= 4 is 11.7 Å². The summed E-state index contributed by atoms with van der Waals surface area (Å²) in [4.78, 5) is 33.9. The van der Waals surface area contributed by atoms with Crippen LogP contribution in [0.2, 0.25) is 0 Å². The number of nitrogens with zero attached hydrogens (tertiary/aromatic N) is 3. The standard InChI is InChI=1S/C22H21N5O3/c1-14-18(21(29)27-22(25-14)23-13-24-27)12-19(28)26-20(15-7-4-3-5-8-15)16-9-6-10-17(11-16)30-2/h3-11,13,20H,12H2,1-2H3,(H,26,28)(H,23,24,25)/t20-/m1/s1. The van der Waals surface area contributed by atoms with Crippen molar-refractivity contribution in [1.82, 2.24) is 24.9 Å². The Kier molecular flexibility index (Phi) is 5.30. The number of carbonyl (C=O) groups excluding carboxylic acids is 1. The van der Waals surface area contributed by atoms with Crippen molar-refractivity contribution in [2.75, 3.05) is 7.11 Å². The van der Waals surface area contributed by atoms with Crippen LogP contribution in [0, 0.1) is 6.92 Å². The first-order chi connectivity index (χ1) is 14.6. The fourth-order valence-corrected chi connectivity index (χ4v) is 3.40. The van der Waals surface area contributed by atoms with Crippen LogP contribution in [0.4, 0.5) is 0 Å². The van der Waals surface area contributed by atoms with Gasteiger partial charge in [-0.2, -0.15) is 4.52 Å². The maximum atomic E-state index is 13.0. The molecule has 30 heavy (non-hydrogen) atoms. The van der Waals surface area contributed by atoms with Crippen molar-refractivity contribution in [3.8, 4) is 5.75 Å². The molecule has 2 heterocycles. The second-order valence-corrected chi connectivity index (χ2v) is 6.87. The van der Waals surface area contributed by atoms with E-state index in [1.807, 2.05) is 54.6 Å². The topological polar surface area (TPSA) is 101 Å². The molecule has 0 aliphatic rings. The van der Waals surface area contributed by atoms with Crippen LogP contribution in [0.25, 0.3) is 5.78 Å². The van der Waals surface area contributed by atoms with Crippen LogP contribution in [-0.4, -0.2) is 32.6 Å². The van der Waals surface area contributed by atoms with Gasteiger partial charge in [-0.05, 0) is 30.2 Å². The summed E-state index contributed by atoms with van der Waals surface area (Å²) < 4.78 is 6.56. The maximum absolute atomic E-state index is 13.0. The average molecular weight is 403 g/mol. The molecule has 0 saturated heterocycles. The molecular formula is C22H21N5O3. The molecule has 2 aromatic carbocycles. The summed E-state index contributed by atoms with van der Waals surface area (Å²) >= 11 is 0. The smallest absolute Gasteiger partial charge is 0.277 e. The van der Waals surface area contributed by atoms with E-state index in [0.717, 1.165) is 11.1 Å². The monoisotopic (exact) mass is 403 g/mol. The van der Waals surface area contributed by atoms with Gasteiger partial charge >= 0.3 is 0 Å². The zero-order valence-electron chi connectivity index (χ0n) is 16.6. The molecule has 2 aromatic heterocycles. The summed E-state index contributed by atoms with van der Waals surface area (Å²) in [5, 5.41) is 5.77. The van der Waals surface area contributed by atoms with Gasteiger partial charge < -0.3 is 10.1 Å². The van der Waals surface area contributed by atoms with E-state index in [2.05, 4.69) is 20.4 Å². The van der Waals surface area contributed by atoms with E-state index in [9.17, 15) is 9.59 Å². The van der Waals surface area contributed by atoms with Crippen LogP contribution in [0.5, 0.6) is 5.75 Å². The van der Waals surface area contributed by atoms with E-state index in [4.69, 9.17) is 4.74 Å². The SMILES string of the molecule is COc1cccc([C@H](NC(=O)Cc2c(C)nc3nc[nH]n3c2=O)c2ccccc2)c1. The molecule has 2 N–H and O–H groups in total. The number of hydrogen-bond acceptors (Lipinski definition) is 5. The molecule has 1 amide bonds. The first-order valence-electron chi connectivity index (χ1n) is 9.46. The number of nitrogens with one attached hydrogen (secondary N) is 2. The van der Waals surface area contributed by atoms with E-state index in [1.54, 1.807) is 14.0 Å². The van der Waals surface area contributed by atoms with Crippen molar-refractivity contribution < 1.29 is 9.53 Å². The summed E-state index contributed by atoms with van der Waals surface area (Å²) in [6.45, 7) is 1.70. The molecule has 0 unspecified atom stereocenters. The third-order valence-electron chi connectivity index (χ3n) is 4.94. The molecule has 0 aliphatic carbocycles. The minimum Gasteiger partial charge on any atom is -0.497 e. The van der Waals surface area contributed by atoms with Crippen molar-refractivity contribution in [3.63, 3.8) is 0 Å². The molecule has 0 bridgehead atoms. The average Bonchev–Trinajstić information content (AvgIpc) is 3.24. The van der Waals surface area contributed by atoms with Gasteiger partial charge in [0.2, 0.25) is 5.91 Å². The molecule has 0 radical (unpaired) electrons. The van der Waals surface area contributed by atoms with Crippen LogP contribution in [0.15, 0.2) is 65.7 Å². The Hall–Kier alpha value is -3.94. The first-order valence-corrected chi connectivity index (χ1v) is 9.46. The van der Waals surface area contributed by atoms with Gasteiger partial charge in [-0.15, -0.1) is 0 Å². The summed E-state index contributed by atoms with van der Waals surface area (Å²) in [5.74, 6) is 0.694. The Morgan fingerprint density at radius 2 is 1.93 bits per heavy atom. The van der Waals surface area contributed by atoms with E-state index < -0.39 is 0 Å². The summed E-state index contributed by atoms with van der Waals surface area (Å²) in [6.07, 6.45) is 1.30. The number of H-pyrrole nitrogens is 1. The summed E-state index contributed by atoms with van der Waals surface area (Å²) in [7, 11) is 1.60. The number of carbonyl (C=O) groups is 1. The Morgan fingerprint density at radius 1 is 1.17 bits per heavy atom. The number of fused-ring (bicyclic) bond motifs is 1. The highest BCUT2D eigenvalue weighted by Gasteiger charge is 2.20. The minimum atomic E-state index is -0.388. The molecule has 4 aromatic rings. The van der Waals surface area contributed by atoms with Gasteiger partial charge in [0.15, 0.2) is 0 Å². The van der Waals surface area contributed by atoms with Gasteiger partial charge in [0.05, 0.1) is 25.3 Å². The molecule has 8 nitrogen and oxygen atoms in total. The fourth-order valence-electron chi connectivity index (χ4n) is 3.40. The molecule has 0 aliphatic heterocycles. The number of amides is 1. The summed E-state index contributed by atoms with van der Waals surface area (Å²) in [5.41, 5.74) is 2.29. The van der Waals surface area contributed by atoms with E-state index in [0.29, 0.717) is 17.0 Å². The normalized spacial score (nSPS) is 11.9. The Balaban J connectivity index is 1.65. The van der Waals surface area contributed by atoms with Gasteiger partial charge in [-0.3, -0.25) is 14.7 Å². The van der Waals surface area contributed by atoms with Crippen LogP contribution < -0.4 is 15.6 Å². The summed E-state index contributed by atoms with van der Waals surface area (Å²) in [6, 6.07) is 16.8. The predicted octanol–water partition coefficient (Wildman–Crippen LogP) is 2.18. The molecule has 8 heteroatoms. The number of ether oxygens (including phenoxy) is 1. The fraction of sp³-hybridized carbons (Fsp3) is 0.182. The molecule has 0 fully saturated rings. The lowest BCUT2D eigenvalue weighted by Crippen LogP contribution is -2.33. The lowest BCUT2D eigenvalue weighted by Gasteiger charge is -2.20. The van der Waals surface area contributed by atoms with Gasteiger partial charge in [-0.1, -0.05) is 42.5 Å². The number of rotatable bonds is 6. The van der Waals surface area contributed by atoms with Gasteiger partial charge in [-0.25, -0.2) is 9.97 Å². The second kappa shape index (κ2) is 8.20. The second-order valence-electron chi connectivity index (χ2n) is 6.87. The predicted molar refractivity (Wildman–Crippen MR) is 111 cm³/mol. The van der Waals surface area contributed by atoms with Crippen LogP contribution in [0.1, 0.15) is 28.4 Å². The van der Waals surface area contributed by atoms with Gasteiger partial charge in [0.25, 0.3) is 11.3 Å². The lowest BCUT2D eigenvalue weighted by atomic mass is 9.98. The Labute approximate surface area is 172 Å². The highest BCUT2D eigenvalue weighted by Crippen LogP contribution is 2.25. The van der Waals surface area contributed by atoms with Gasteiger partial charge in [0, 0.05) is 5.56 Å². The highest BCUT2D eigenvalue weighted by molar-refractivity contribution is 5.79. The number of aromatic nitrogens is 4. The quantitative estimate of drug-likeness (QED) is 0.514. The van der Waals surface area contributed by atoms with Crippen molar-refractivity contribution in [2.45, 2.75) is 19.4 Å². The number of aryl methyl sites for hydroxylation is 1. The Bertz CT molecular complexity index is 1250. The van der Waals surface area contributed by atoms with E-state index >= 15 is 0 Å². The molecule has 0 spiro atoms. The number of aromatic amines is 1. The number of methoxy groups -OCH3 is 1. The van der Waals surface area contributed by atoms with E-state index in [-0.39, 0.29) is 29.7 Å². The molecular weight excluding hydrogens is 382 g/mol. The van der Waals surface area contributed by atoms with Crippen molar-refractivity contribution in [2.24, 2.45) is 0 Å². The zero-order valence-corrected chi connectivity index (χ0v) is 16.6. The molecule has 4 rings (SSSR count). The van der Waals surface area contributed by atoms with Crippen molar-refractivity contribution in [1.29, 1.82) is 0 Å². The number of hydrogen-bond donors (Lipinski definition) is 2. The third kappa shape index (κ3) is 3.80. The number of benzene rings is 2. The third-order valence-corrected chi connectivity index (χ3v) is 4.94. The van der Waals surface area contributed by atoms with E-state index in [1.165, 1.54) is 10.8 Å². The minimum absolute atomic E-state index is 0.0903. The maximum Gasteiger partial charge on any atom is 0.277 e. The van der Waals surface area contributed by atoms with Gasteiger partial charge in [0.1, 0.15) is 12.1 Å². The van der Waals surface area contributed by atoms with Crippen molar-refractivity contribution in [3.05, 3.63) is 93.7 Å². The molecule has 1 atom stereocenters. The zero-order chi connectivity index (χ0) is 21.1. The van der Waals surface area contributed by atoms with Crippen LogP contribution in [-0.2, 0) is 11.2 Å². The van der Waals surface area contributed by atoms with Crippen LogP contribution >= 0.6 is 0 Å². The molecule has 0 saturated carbocycles. The Morgan fingerprint density at radius 3 is 2.70 bits per heavy atom. The first kappa shape index (κ1) is 19.4. The molecule has 152 valence electrons. The highest BCUT2D eigenvalue weighted by atomic mass is 16.5. The van der Waals surface area contributed by atoms with Crippen LogP contribution in [0.3, 0.4) is 0 Å².